The molecule has 0 spiro atoms. The highest BCUT2D eigenvalue weighted by molar-refractivity contribution is 7.09. The largest absolute Gasteiger partial charge is 0.253 e. The van der Waals surface area contributed by atoms with Crippen molar-refractivity contribution in [3.8, 4) is 0 Å². The monoisotopic (exact) mass is 686 g/mol. The van der Waals surface area contributed by atoms with Gasteiger partial charge in [0, 0.05) is 45.3 Å². The molecule has 0 N–H and O–H groups in total. The van der Waals surface area contributed by atoms with Gasteiger partial charge in [0.05, 0.1) is 21.5 Å². The van der Waals surface area contributed by atoms with Crippen LogP contribution in [0.5, 0.6) is 0 Å². The molecule has 4 aromatic heterocycles. The van der Waals surface area contributed by atoms with Gasteiger partial charge in [-0.25, -0.2) is 0 Å². The smallest absolute Gasteiger partial charge is 0.0893 e. The fourth-order valence-electron chi connectivity index (χ4n) is 1.02. The topological polar surface area (TPSA) is 51.6 Å². The van der Waals surface area contributed by atoms with Gasteiger partial charge in [0.2, 0.25) is 0 Å². The van der Waals surface area contributed by atoms with Gasteiger partial charge in [-0.1, -0.05) is 118 Å². The highest BCUT2D eigenvalue weighted by Crippen LogP contribution is 2.09. The molecule has 8 heteroatoms. The lowest BCUT2D eigenvalue weighted by Gasteiger charge is -2.05. The highest BCUT2D eigenvalue weighted by atomic mass is 32.1. The van der Waals surface area contributed by atoms with E-state index in [9.17, 15) is 0 Å². The predicted molar refractivity (Wildman–Crippen MR) is 210 cm³/mol. The average Bonchev–Trinajstić information content (AvgIpc) is 3.55. The van der Waals surface area contributed by atoms with Crippen molar-refractivity contribution >= 4 is 45.3 Å². The number of aryl methyl sites for hydroxylation is 3. The van der Waals surface area contributed by atoms with Gasteiger partial charge in [-0.3, -0.25) is 19.9 Å². The Labute approximate surface area is 291 Å². The van der Waals surface area contributed by atoms with Gasteiger partial charge in [-0.05, 0) is 42.4 Å². The van der Waals surface area contributed by atoms with Gasteiger partial charge < -0.3 is 0 Å². The van der Waals surface area contributed by atoms with Crippen LogP contribution >= 0.6 is 45.3 Å². The van der Waals surface area contributed by atoms with Gasteiger partial charge in [0.1, 0.15) is 0 Å². The summed E-state index contributed by atoms with van der Waals surface area (Å²) in [6.45, 7) is 41.0. The van der Waals surface area contributed by atoms with Crippen LogP contribution in [0.25, 0.3) is 0 Å². The number of nitrogens with zero attached hydrogens (tertiary/aromatic N) is 4. The van der Waals surface area contributed by atoms with Crippen molar-refractivity contribution < 1.29 is 0 Å². The fourth-order valence-corrected chi connectivity index (χ4v) is 2.77. The van der Waals surface area contributed by atoms with Crippen molar-refractivity contribution in [2.24, 2.45) is 21.7 Å². The minimum atomic E-state index is 0. The molecule has 4 heterocycles. The molecule has 0 radical (unpaired) electrons. The van der Waals surface area contributed by atoms with Crippen LogP contribution in [0, 0.1) is 42.4 Å². The third kappa shape index (κ3) is 105. The number of hydrogen-bond acceptors (Lipinski definition) is 8. The molecule has 0 aliphatic heterocycles. The summed E-state index contributed by atoms with van der Waals surface area (Å²) in [5.74, 6) is 0. The zero-order valence-electron chi connectivity index (χ0n) is 31.1. The van der Waals surface area contributed by atoms with Crippen LogP contribution in [-0.2, 0) is 0 Å². The Balaban J connectivity index is -0.000000132. The van der Waals surface area contributed by atoms with E-state index in [1.54, 1.807) is 63.3 Å². The summed E-state index contributed by atoms with van der Waals surface area (Å²) in [6.07, 6.45) is 5.43. The zero-order chi connectivity index (χ0) is 34.8. The molecule has 0 unspecified atom stereocenters. The molecule has 0 saturated heterocycles. The summed E-state index contributed by atoms with van der Waals surface area (Å²) in [4.78, 5) is 16.7. The quantitative estimate of drug-likeness (QED) is 0.185. The summed E-state index contributed by atoms with van der Waals surface area (Å²) < 4.78 is 0. The van der Waals surface area contributed by atoms with Gasteiger partial charge in [-0.2, -0.15) is 0 Å². The Morgan fingerprint density at radius 3 is 1.05 bits per heavy atom. The molecule has 0 bridgehead atoms. The molecule has 44 heavy (non-hydrogen) atoms. The van der Waals surface area contributed by atoms with Crippen molar-refractivity contribution in [1.29, 1.82) is 0 Å². The Morgan fingerprint density at radius 2 is 0.955 bits per heavy atom. The van der Waals surface area contributed by atoms with Crippen molar-refractivity contribution in [1.82, 2.24) is 19.9 Å². The van der Waals surface area contributed by atoms with Crippen molar-refractivity contribution in [3.63, 3.8) is 0 Å². The summed E-state index contributed by atoms with van der Waals surface area (Å²) in [7, 11) is 0. The molecule has 0 saturated carbocycles. The van der Waals surface area contributed by atoms with Gasteiger partial charge in [0.15, 0.2) is 0 Å². The van der Waals surface area contributed by atoms with E-state index in [0.29, 0.717) is 21.7 Å². The predicted octanol–water partition coefficient (Wildman–Crippen LogP) is 14.3. The second-order valence-electron chi connectivity index (χ2n) is 16.0. The third-order valence-electron chi connectivity index (χ3n) is 2.01. The molecule has 4 rings (SSSR count). The van der Waals surface area contributed by atoms with Gasteiger partial charge >= 0.3 is 0 Å². The van der Waals surface area contributed by atoms with Crippen LogP contribution < -0.4 is 0 Å². The molecule has 0 aromatic carbocycles. The van der Waals surface area contributed by atoms with E-state index in [1.165, 1.54) is 4.88 Å². The first-order valence-corrected chi connectivity index (χ1v) is 18.2. The Morgan fingerprint density at radius 1 is 0.500 bits per heavy atom. The van der Waals surface area contributed by atoms with E-state index >= 15 is 0 Å². The molecule has 0 fully saturated rings. The van der Waals surface area contributed by atoms with Crippen molar-refractivity contribution in [2.45, 2.75) is 139 Å². The van der Waals surface area contributed by atoms with E-state index < -0.39 is 0 Å². The van der Waals surface area contributed by atoms with Crippen LogP contribution in [0.15, 0.2) is 51.3 Å². The normalized spacial score (nSPS) is 9.98. The van der Waals surface area contributed by atoms with Crippen molar-refractivity contribution in [3.05, 3.63) is 66.8 Å². The lowest BCUT2D eigenvalue weighted by molar-refractivity contribution is 0.469. The maximum Gasteiger partial charge on any atom is 0.0893 e. The third-order valence-corrected chi connectivity index (χ3v) is 4.65. The zero-order valence-corrected chi connectivity index (χ0v) is 34.4. The minimum Gasteiger partial charge on any atom is -0.253 e. The SMILES string of the molecule is C.CC(C)(C)C.CC(C)(C)C.CC(C)(C)C.CC(C)(C)C.Cc1cncs1.Cc1cscn1.Cc1nccs1.c1cscn1. The van der Waals surface area contributed by atoms with Crippen LogP contribution in [-0.4, -0.2) is 19.9 Å². The van der Waals surface area contributed by atoms with Crippen molar-refractivity contribution in [2.75, 3.05) is 0 Å². The standard InChI is InChI=1S/4C5H12.3C4H5NS.C3H3NS.CH4/c4*1-5(2,3)4;1-4-2-6-3-5-4;1-4-2-5-3-6-4;1-4-5-2-3-6-4;1-2-5-3-4-1;/h4*1-4H3;3*2-3H,1H3;1-3H;1H4. The fraction of sp³-hybridized carbons (Fsp3) is 0.667. The maximum atomic E-state index is 3.94. The molecule has 0 aliphatic carbocycles. The Hall–Kier alpha value is -1.48. The van der Waals surface area contributed by atoms with Crippen LogP contribution in [0.4, 0.5) is 0 Å². The molecule has 4 aromatic rings. The van der Waals surface area contributed by atoms with E-state index in [-0.39, 0.29) is 7.43 Å². The summed E-state index contributed by atoms with van der Waals surface area (Å²) in [5.41, 5.74) is 8.56. The van der Waals surface area contributed by atoms with Crippen LogP contribution in [0.2, 0.25) is 0 Å². The average molecular weight is 687 g/mol. The first-order chi connectivity index (χ1) is 19.2. The Kier molecular flexibility index (Phi) is 34.3. The molecular formula is C36H70N4S4. The highest BCUT2D eigenvalue weighted by Gasteiger charge is 1.97. The molecule has 4 nitrogen and oxygen atoms in total. The molecule has 0 atom stereocenters. The van der Waals surface area contributed by atoms with E-state index in [4.69, 9.17) is 0 Å². The first kappa shape index (κ1) is 52.1. The first-order valence-electron chi connectivity index (χ1n) is 14.6. The van der Waals surface area contributed by atoms with E-state index in [0.717, 1.165) is 10.7 Å². The number of aromatic nitrogens is 4. The van der Waals surface area contributed by atoms with E-state index in [2.05, 4.69) is 131 Å². The summed E-state index contributed by atoms with van der Waals surface area (Å²) in [6, 6.07) is 0. The molecule has 0 aliphatic rings. The minimum absolute atomic E-state index is 0. The molecule has 0 amide bonds. The number of hydrogen-bond donors (Lipinski definition) is 0. The second kappa shape index (κ2) is 29.0. The van der Waals surface area contributed by atoms with Crippen LogP contribution in [0.1, 0.15) is 134 Å². The molecular weight excluding hydrogens is 617 g/mol. The Bertz CT molecular complexity index is 831. The lowest BCUT2D eigenvalue weighted by Crippen LogP contribution is -1.93. The maximum absolute atomic E-state index is 3.94. The molecule has 258 valence electrons. The van der Waals surface area contributed by atoms with E-state index in [1.807, 2.05) is 54.1 Å². The van der Waals surface area contributed by atoms with Gasteiger partial charge in [0.25, 0.3) is 0 Å². The summed E-state index contributed by atoms with van der Waals surface area (Å²) in [5, 5.41) is 7.05. The van der Waals surface area contributed by atoms with Crippen LogP contribution in [0.3, 0.4) is 0 Å². The number of thiazole rings is 4. The number of rotatable bonds is 0. The van der Waals surface area contributed by atoms with Gasteiger partial charge in [-0.15, -0.1) is 45.3 Å². The lowest BCUT2D eigenvalue weighted by atomic mass is 10.0. The second-order valence-corrected chi connectivity index (χ2v) is 19.6. The summed E-state index contributed by atoms with van der Waals surface area (Å²) >= 11 is 6.56.